The van der Waals surface area contributed by atoms with Gasteiger partial charge in [0.25, 0.3) is 0 Å². The molecule has 17 heavy (non-hydrogen) atoms. The molecule has 2 amide bonds. The van der Waals surface area contributed by atoms with Gasteiger partial charge in [0.05, 0.1) is 0 Å². The van der Waals surface area contributed by atoms with Gasteiger partial charge in [-0.1, -0.05) is 30.3 Å². The Kier molecular flexibility index (Phi) is 4.69. The molecule has 1 aromatic carbocycles. The molecule has 0 bridgehead atoms. The van der Waals surface area contributed by atoms with E-state index in [2.05, 4.69) is 5.32 Å². The van der Waals surface area contributed by atoms with Crippen molar-refractivity contribution in [2.45, 2.75) is 26.4 Å². The van der Waals surface area contributed by atoms with E-state index in [-0.39, 0.29) is 11.8 Å². The molecule has 0 radical (unpaired) electrons. The van der Waals surface area contributed by atoms with Crippen molar-refractivity contribution >= 4 is 11.8 Å². The van der Waals surface area contributed by atoms with Gasteiger partial charge in [0.15, 0.2) is 0 Å². The molecule has 0 saturated carbocycles. The molecule has 0 heterocycles. The second kappa shape index (κ2) is 6.03. The first-order valence-corrected chi connectivity index (χ1v) is 5.56. The summed E-state index contributed by atoms with van der Waals surface area (Å²) in [5.41, 5.74) is 1.07. The van der Waals surface area contributed by atoms with Crippen molar-refractivity contribution in [1.29, 1.82) is 0 Å². The van der Waals surface area contributed by atoms with Gasteiger partial charge in [-0.2, -0.15) is 0 Å². The number of carbonyl (C=O) groups is 2. The number of amides is 2. The maximum absolute atomic E-state index is 11.9. The number of rotatable bonds is 4. The number of nitrogens with zero attached hydrogens (tertiary/aromatic N) is 1. The first-order chi connectivity index (χ1) is 8.00. The van der Waals surface area contributed by atoms with Crippen LogP contribution in [0.3, 0.4) is 0 Å². The van der Waals surface area contributed by atoms with Crippen molar-refractivity contribution in [3.05, 3.63) is 35.9 Å². The Balaban J connectivity index is 2.55. The predicted octanol–water partition coefficient (Wildman–Crippen LogP) is 1.17. The fourth-order valence-electron chi connectivity index (χ4n) is 1.63. The summed E-state index contributed by atoms with van der Waals surface area (Å²) in [6.07, 6.45) is 0. The van der Waals surface area contributed by atoms with Crippen LogP contribution in [0.2, 0.25) is 0 Å². The van der Waals surface area contributed by atoms with E-state index in [1.54, 1.807) is 18.9 Å². The van der Waals surface area contributed by atoms with Crippen LogP contribution in [-0.4, -0.2) is 29.8 Å². The third kappa shape index (κ3) is 4.26. The molecule has 1 rings (SSSR count). The molecular weight excluding hydrogens is 216 g/mol. The summed E-state index contributed by atoms with van der Waals surface area (Å²) < 4.78 is 0. The van der Waals surface area contributed by atoms with E-state index in [4.69, 9.17) is 0 Å². The summed E-state index contributed by atoms with van der Waals surface area (Å²) >= 11 is 0. The molecule has 0 aliphatic carbocycles. The van der Waals surface area contributed by atoms with E-state index >= 15 is 0 Å². The molecule has 0 aromatic heterocycles. The van der Waals surface area contributed by atoms with Crippen LogP contribution in [0, 0.1) is 0 Å². The van der Waals surface area contributed by atoms with Gasteiger partial charge in [-0.15, -0.1) is 0 Å². The van der Waals surface area contributed by atoms with Crippen molar-refractivity contribution in [3.8, 4) is 0 Å². The van der Waals surface area contributed by atoms with Crippen molar-refractivity contribution in [2.75, 3.05) is 7.05 Å². The second-order valence-corrected chi connectivity index (χ2v) is 4.10. The second-order valence-electron chi connectivity index (χ2n) is 4.10. The fraction of sp³-hybridized carbons (Fsp3) is 0.385. The summed E-state index contributed by atoms with van der Waals surface area (Å²) in [5, 5.41) is 2.58. The van der Waals surface area contributed by atoms with Crippen LogP contribution in [0.25, 0.3) is 0 Å². The first kappa shape index (κ1) is 13.2. The van der Waals surface area contributed by atoms with Gasteiger partial charge in [-0.25, -0.2) is 0 Å². The first-order valence-electron chi connectivity index (χ1n) is 5.56. The third-order valence-corrected chi connectivity index (χ3v) is 2.43. The van der Waals surface area contributed by atoms with Crippen LogP contribution < -0.4 is 5.32 Å². The highest BCUT2D eigenvalue weighted by atomic mass is 16.2. The Hall–Kier alpha value is -1.84. The molecule has 0 aliphatic rings. The van der Waals surface area contributed by atoms with Crippen LogP contribution in [0.15, 0.2) is 30.3 Å². The van der Waals surface area contributed by atoms with E-state index in [0.717, 1.165) is 5.56 Å². The van der Waals surface area contributed by atoms with Crippen LogP contribution in [0.1, 0.15) is 19.4 Å². The van der Waals surface area contributed by atoms with Gasteiger partial charge in [-0.05, 0) is 12.5 Å². The zero-order chi connectivity index (χ0) is 12.8. The van der Waals surface area contributed by atoms with Gasteiger partial charge in [0.1, 0.15) is 6.04 Å². The molecule has 1 atom stereocenters. The van der Waals surface area contributed by atoms with Gasteiger partial charge in [0.2, 0.25) is 11.8 Å². The average Bonchev–Trinajstić information content (AvgIpc) is 2.28. The summed E-state index contributed by atoms with van der Waals surface area (Å²) in [7, 11) is 1.73. The van der Waals surface area contributed by atoms with Crippen LogP contribution in [-0.2, 0) is 16.1 Å². The molecule has 4 heteroatoms. The number of benzene rings is 1. The van der Waals surface area contributed by atoms with E-state index in [0.29, 0.717) is 6.54 Å². The topological polar surface area (TPSA) is 49.4 Å². The average molecular weight is 234 g/mol. The minimum Gasteiger partial charge on any atom is -0.345 e. The molecule has 0 aliphatic heterocycles. The monoisotopic (exact) mass is 234 g/mol. The molecule has 1 aromatic rings. The lowest BCUT2D eigenvalue weighted by atomic mass is 10.2. The maximum atomic E-state index is 11.9. The predicted molar refractivity (Wildman–Crippen MR) is 66.2 cm³/mol. The Morgan fingerprint density at radius 2 is 1.88 bits per heavy atom. The summed E-state index contributed by atoms with van der Waals surface area (Å²) in [4.78, 5) is 24.4. The maximum Gasteiger partial charge on any atom is 0.244 e. The number of nitrogens with one attached hydrogen (secondary N) is 1. The number of carbonyl (C=O) groups excluding carboxylic acids is 2. The zero-order valence-corrected chi connectivity index (χ0v) is 10.4. The number of hydrogen-bond acceptors (Lipinski definition) is 2. The minimum atomic E-state index is -0.485. The number of hydrogen-bond donors (Lipinski definition) is 1. The highest BCUT2D eigenvalue weighted by molar-refractivity contribution is 5.86. The van der Waals surface area contributed by atoms with Gasteiger partial charge >= 0.3 is 0 Å². The summed E-state index contributed by atoms with van der Waals surface area (Å²) in [5.74, 6) is -0.289. The highest BCUT2D eigenvalue weighted by Crippen LogP contribution is 2.04. The molecular formula is C13H18N2O2. The molecule has 92 valence electrons. The smallest absolute Gasteiger partial charge is 0.244 e. The van der Waals surface area contributed by atoms with Crippen LogP contribution in [0.5, 0.6) is 0 Å². The van der Waals surface area contributed by atoms with Gasteiger partial charge in [0, 0.05) is 20.5 Å². The van der Waals surface area contributed by atoms with E-state index in [9.17, 15) is 9.59 Å². The lowest BCUT2D eigenvalue weighted by Crippen LogP contribution is -2.44. The van der Waals surface area contributed by atoms with Crippen molar-refractivity contribution < 1.29 is 9.59 Å². The molecule has 4 nitrogen and oxygen atoms in total. The van der Waals surface area contributed by atoms with Crippen molar-refractivity contribution in [2.24, 2.45) is 0 Å². The molecule has 1 N–H and O–H groups in total. The molecule has 0 fully saturated rings. The standard InChI is InChI=1S/C13H18N2O2/c1-10(14-11(2)16)13(17)15(3)9-12-7-5-4-6-8-12/h4-8,10H,9H2,1-3H3,(H,14,16). The van der Waals surface area contributed by atoms with E-state index in [1.807, 2.05) is 30.3 Å². The lowest BCUT2D eigenvalue weighted by Gasteiger charge is -2.21. The molecule has 0 spiro atoms. The SMILES string of the molecule is CC(=O)NC(C)C(=O)N(C)Cc1ccccc1. The Morgan fingerprint density at radius 1 is 1.29 bits per heavy atom. The number of likely N-dealkylation sites (N-methyl/N-ethyl adjacent to an activating group) is 1. The Morgan fingerprint density at radius 3 is 2.41 bits per heavy atom. The van der Waals surface area contributed by atoms with Crippen molar-refractivity contribution in [3.63, 3.8) is 0 Å². The zero-order valence-electron chi connectivity index (χ0n) is 10.4. The Labute approximate surface area is 102 Å². The lowest BCUT2D eigenvalue weighted by molar-refractivity contribution is -0.134. The quantitative estimate of drug-likeness (QED) is 0.850. The molecule has 1 unspecified atom stereocenters. The van der Waals surface area contributed by atoms with Gasteiger partial charge < -0.3 is 10.2 Å². The summed E-state index contributed by atoms with van der Waals surface area (Å²) in [6, 6.07) is 9.25. The normalized spacial score (nSPS) is 11.7. The summed E-state index contributed by atoms with van der Waals surface area (Å²) in [6.45, 7) is 3.63. The fourth-order valence-corrected chi connectivity index (χ4v) is 1.63. The van der Waals surface area contributed by atoms with Crippen molar-refractivity contribution in [1.82, 2.24) is 10.2 Å². The van der Waals surface area contributed by atoms with Gasteiger partial charge in [-0.3, -0.25) is 9.59 Å². The third-order valence-electron chi connectivity index (χ3n) is 2.43. The highest BCUT2D eigenvalue weighted by Gasteiger charge is 2.17. The van der Waals surface area contributed by atoms with Crippen LogP contribution in [0.4, 0.5) is 0 Å². The largest absolute Gasteiger partial charge is 0.345 e. The minimum absolute atomic E-state index is 0.0935. The van der Waals surface area contributed by atoms with E-state index < -0.39 is 6.04 Å². The Bertz CT molecular complexity index is 390. The molecule has 0 saturated heterocycles. The van der Waals surface area contributed by atoms with Crippen LogP contribution >= 0.6 is 0 Å². The van der Waals surface area contributed by atoms with E-state index in [1.165, 1.54) is 6.92 Å².